The molecule has 0 heterocycles. The summed E-state index contributed by atoms with van der Waals surface area (Å²) in [5, 5.41) is 0. The van der Waals surface area contributed by atoms with Crippen LogP contribution in [-0.4, -0.2) is 12.7 Å². The van der Waals surface area contributed by atoms with E-state index < -0.39 is 0 Å². The van der Waals surface area contributed by atoms with Crippen molar-refractivity contribution >= 4 is 5.69 Å². The maximum Gasteiger partial charge on any atom is 0.123 e. The molecular weight excluding hydrogens is 281 g/mol. The summed E-state index contributed by atoms with van der Waals surface area (Å²) in [5.41, 5.74) is 6.47. The number of ether oxygens (including phenoxy) is 2. The van der Waals surface area contributed by atoms with Crippen LogP contribution >= 0.6 is 0 Å². The summed E-state index contributed by atoms with van der Waals surface area (Å²) in [6, 6.07) is 13.7. The average Bonchev–Trinajstić information content (AvgIpc) is 2.94. The monoisotopic (exact) mass is 301 g/mol. The zero-order valence-corrected chi connectivity index (χ0v) is 12.4. The Labute approximate surface area is 129 Å². The zero-order chi connectivity index (χ0) is 15.4. The molecule has 2 atom stereocenters. The molecule has 4 heteroatoms. The molecule has 0 saturated heterocycles. The van der Waals surface area contributed by atoms with Crippen molar-refractivity contribution in [1.29, 1.82) is 0 Å². The highest BCUT2D eigenvalue weighted by molar-refractivity contribution is 5.43. The lowest BCUT2D eigenvalue weighted by Crippen LogP contribution is -2.15. The first-order valence-electron chi connectivity index (χ1n) is 7.59. The van der Waals surface area contributed by atoms with Crippen LogP contribution in [0.1, 0.15) is 19.3 Å². The van der Waals surface area contributed by atoms with Gasteiger partial charge >= 0.3 is 0 Å². The fourth-order valence-electron chi connectivity index (χ4n) is 2.81. The molecule has 0 amide bonds. The van der Waals surface area contributed by atoms with Crippen LogP contribution < -0.4 is 15.2 Å². The molecule has 0 spiro atoms. The summed E-state index contributed by atoms with van der Waals surface area (Å²) in [6.07, 6.45) is 3.28. The maximum absolute atomic E-state index is 12.8. The standard InChI is InChI=1S/C18H20FNO2/c19-14-5-8-16(9-6-14)21-12-13-4-7-18(10-13)22-17-3-1-2-15(20)11-17/h1-3,5-6,8-9,11,13,18H,4,7,10,12,20H2/t13-,18-/m0/s1. The second-order valence-corrected chi connectivity index (χ2v) is 5.76. The first-order chi connectivity index (χ1) is 10.7. The summed E-state index contributed by atoms with van der Waals surface area (Å²) >= 11 is 0. The molecule has 0 unspecified atom stereocenters. The van der Waals surface area contributed by atoms with Gasteiger partial charge in [-0.05, 0) is 61.6 Å². The minimum atomic E-state index is -0.246. The van der Waals surface area contributed by atoms with E-state index in [-0.39, 0.29) is 11.9 Å². The van der Waals surface area contributed by atoms with Crippen LogP contribution in [0.25, 0.3) is 0 Å². The molecule has 22 heavy (non-hydrogen) atoms. The second kappa shape index (κ2) is 6.69. The number of hydrogen-bond acceptors (Lipinski definition) is 3. The number of anilines is 1. The molecule has 0 bridgehead atoms. The largest absolute Gasteiger partial charge is 0.493 e. The molecule has 1 aliphatic rings. The Hall–Kier alpha value is -2.23. The van der Waals surface area contributed by atoms with Gasteiger partial charge in [-0.15, -0.1) is 0 Å². The highest BCUT2D eigenvalue weighted by Crippen LogP contribution is 2.30. The summed E-state index contributed by atoms with van der Waals surface area (Å²) < 4.78 is 24.5. The van der Waals surface area contributed by atoms with Crippen molar-refractivity contribution in [2.45, 2.75) is 25.4 Å². The van der Waals surface area contributed by atoms with Gasteiger partial charge in [0.25, 0.3) is 0 Å². The molecule has 0 radical (unpaired) electrons. The molecular formula is C18H20FNO2. The van der Waals surface area contributed by atoms with Gasteiger partial charge in [-0.3, -0.25) is 0 Å². The van der Waals surface area contributed by atoms with Crippen molar-refractivity contribution in [3.8, 4) is 11.5 Å². The van der Waals surface area contributed by atoms with Crippen molar-refractivity contribution in [3.05, 3.63) is 54.3 Å². The van der Waals surface area contributed by atoms with E-state index in [2.05, 4.69) is 0 Å². The van der Waals surface area contributed by atoms with E-state index in [1.165, 1.54) is 12.1 Å². The van der Waals surface area contributed by atoms with Gasteiger partial charge in [-0.1, -0.05) is 6.07 Å². The molecule has 3 nitrogen and oxygen atoms in total. The second-order valence-electron chi connectivity index (χ2n) is 5.76. The Kier molecular flexibility index (Phi) is 4.47. The molecule has 1 saturated carbocycles. The normalized spacial score (nSPS) is 20.8. The van der Waals surface area contributed by atoms with E-state index in [0.29, 0.717) is 24.0 Å². The lowest BCUT2D eigenvalue weighted by atomic mass is 10.1. The molecule has 2 aromatic carbocycles. The minimum absolute atomic E-state index is 0.212. The van der Waals surface area contributed by atoms with Crippen LogP contribution in [0.4, 0.5) is 10.1 Å². The van der Waals surface area contributed by atoms with E-state index in [9.17, 15) is 4.39 Å². The van der Waals surface area contributed by atoms with Gasteiger partial charge in [0.15, 0.2) is 0 Å². The maximum atomic E-state index is 12.8. The van der Waals surface area contributed by atoms with Crippen molar-refractivity contribution in [1.82, 2.24) is 0 Å². The van der Waals surface area contributed by atoms with Gasteiger partial charge in [0.2, 0.25) is 0 Å². The third-order valence-electron chi connectivity index (χ3n) is 3.95. The van der Waals surface area contributed by atoms with E-state index in [4.69, 9.17) is 15.2 Å². The van der Waals surface area contributed by atoms with E-state index in [1.54, 1.807) is 12.1 Å². The summed E-state index contributed by atoms with van der Waals surface area (Å²) in [7, 11) is 0. The molecule has 3 rings (SSSR count). The van der Waals surface area contributed by atoms with Gasteiger partial charge in [-0.25, -0.2) is 4.39 Å². The molecule has 1 aliphatic carbocycles. The zero-order valence-electron chi connectivity index (χ0n) is 12.4. The predicted octanol–water partition coefficient (Wildman–Crippen LogP) is 4.03. The Morgan fingerprint density at radius 1 is 1.05 bits per heavy atom. The van der Waals surface area contributed by atoms with Crippen molar-refractivity contribution in [2.24, 2.45) is 5.92 Å². The highest BCUT2D eigenvalue weighted by atomic mass is 19.1. The summed E-state index contributed by atoms with van der Waals surface area (Å²) in [6.45, 7) is 0.641. The Bertz CT molecular complexity index is 615. The third-order valence-corrected chi connectivity index (χ3v) is 3.95. The molecule has 2 N–H and O–H groups in total. The van der Waals surface area contributed by atoms with Gasteiger partial charge in [-0.2, -0.15) is 0 Å². The Balaban J connectivity index is 1.47. The van der Waals surface area contributed by atoms with Crippen LogP contribution in [0, 0.1) is 11.7 Å². The van der Waals surface area contributed by atoms with Crippen molar-refractivity contribution < 1.29 is 13.9 Å². The lowest BCUT2D eigenvalue weighted by Gasteiger charge is -2.15. The average molecular weight is 301 g/mol. The van der Waals surface area contributed by atoms with Crippen LogP contribution in [0.3, 0.4) is 0 Å². The first kappa shape index (κ1) is 14.7. The fourth-order valence-corrected chi connectivity index (χ4v) is 2.81. The molecule has 1 fully saturated rings. The van der Waals surface area contributed by atoms with Gasteiger partial charge < -0.3 is 15.2 Å². The SMILES string of the molecule is Nc1cccc(O[C@H]2CC[C@H](COc3ccc(F)cc3)C2)c1. The Morgan fingerprint density at radius 3 is 2.64 bits per heavy atom. The number of halogens is 1. The van der Waals surface area contributed by atoms with Crippen molar-refractivity contribution in [2.75, 3.05) is 12.3 Å². The van der Waals surface area contributed by atoms with E-state index >= 15 is 0 Å². The predicted molar refractivity (Wildman–Crippen MR) is 84.5 cm³/mol. The van der Waals surface area contributed by atoms with Crippen LogP contribution in [0.2, 0.25) is 0 Å². The minimum Gasteiger partial charge on any atom is -0.493 e. The van der Waals surface area contributed by atoms with E-state index in [1.807, 2.05) is 24.3 Å². The topological polar surface area (TPSA) is 44.5 Å². The van der Waals surface area contributed by atoms with Crippen molar-refractivity contribution in [3.63, 3.8) is 0 Å². The number of benzene rings is 2. The van der Waals surface area contributed by atoms with Crippen LogP contribution in [0.5, 0.6) is 11.5 Å². The fraction of sp³-hybridized carbons (Fsp3) is 0.333. The first-order valence-corrected chi connectivity index (χ1v) is 7.59. The summed E-state index contributed by atoms with van der Waals surface area (Å²) in [5.74, 6) is 1.76. The molecule has 0 aromatic heterocycles. The Morgan fingerprint density at radius 2 is 1.86 bits per heavy atom. The van der Waals surface area contributed by atoms with Gasteiger partial charge in [0, 0.05) is 11.8 Å². The lowest BCUT2D eigenvalue weighted by molar-refractivity contribution is 0.190. The molecule has 0 aliphatic heterocycles. The smallest absolute Gasteiger partial charge is 0.123 e. The van der Waals surface area contributed by atoms with E-state index in [0.717, 1.165) is 25.0 Å². The number of rotatable bonds is 5. The van der Waals surface area contributed by atoms with Gasteiger partial charge in [0.05, 0.1) is 12.7 Å². The molecule has 2 aromatic rings. The number of hydrogen-bond donors (Lipinski definition) is 1. The number of nitrogen functional groups attached to an aromatic ring is 1. The summed E-state index contributed by atoms with van der Waals surface area (Å²) in [4.78, 5) is 0. The van der Waals surface area contributed by atoms with Crippen LogP contribution in [0.15, 0.2) is 48.5 Å². The van der Waals surface area contributed by atoms with Gasteiger partial charge in [0.1, 0.15) is 17.3 Å². The quantitative estimate of drug-likeness (QED) is 0.848. The van der Waals surface area contributed by atoms with Crippen LogP contribution in [-0.2, 0) is 0 Å². The number of nitrogens with two attached hydrogens (primary N) is 1. The highest BCUT2D eigenvalue weighted by Gasteiger charge is 2.26. The third kappa shape index (κ3) is 3.91. The molecule has 116 valence electrons.